The molecular weight excluding hydrogens is 228 g/mol. The number of hydrogen-bond donors (Lipinski definition) is 1. The number of amides is 1. The Balaban J connectivity index is 2.32. The van der Waals surface area contributed by atoms with Gasteiger partial charge < -0.3 is 9.73 Å². The van der Waals surface area contributed by atoms with Crippen molar-refractivity contribution in [1.29, 1.82) is 0 Å². The van der Waals surface area contributed by atoms with Gasteiger partial charge in [0.1, 0.15) is 5.69 Å². The molecule has 1 heterocycles. The third-order valence-electron chi connectivity index (χ3n) is 2.31. The lowest BCUT2D eigenvalue weighted by atomic mass is 10.1. The minimum absolute atomic E-state index is 0.246. The number of aromatic nitrogens is 1. The lowest BCUT2D eigenvalue weighted by Crippen LogP contribution is -2.40. The summed E-state index contributed by atoms with van der Waals surface area (Å²) in [6.07, 6.45) is 1.29. The summed E-state index contributed by atoms with van der Waals surface area (Å²) in [6, 6.07) is 9.50. The van der Waals surface area contributed by atoms with Crippen molar-refractivity contribution in [3.8, 4) is 11.3 Å². The van der Waals surface area contributed by atoms with Gasteiger partial charge in [0.2, 0.25) is 5.76 Å². The van der Waals surface area contributed by atoms with Crippen LogP contribution in [0.4, 0.5) is 0 Å². The Morgan fingerprint density at radius 2 is 1.89 bits per heavy atom. The van der Waals surface area contributed by atoms with Gasteiger partial charge >= 0.3 is 0 Å². The molecule has 0 atom stereocenters. The zero-order valence-electron chi connectivity index (χ0n) is 10.7. The van der Waals surface area contributed by atoms with Crippen LogP contribution < -0.4 is 5.32 Å². The maximum atomic E-state index is 12.1. The second-order valence-electron chi connectivity index (χ2n) is 5.10. The average molecular weight is 244 g/mol. The van der Waals surface area contributed by atoms with Crippen LogP contribution in [0.5, 0.6) is 0 Å². The van der Waals surface area contributed by atoms with Crippen LogP contribution in [-0.4, -0.2) is 16.4 Å². The van der Waals surface area contributed by atoms with Gasteiger partial charge in [0.25, 0.3) is 5.91 Å². The number of benzene rings is 1. The van der Waals surface area contributed by atoms with Crippen molar-refractivity contribution in [1.82, 2.24) is 10.3 Å². The molecule has 2 rings (SSSR count). The molecule has 4 heteroatoms. The number of carbonyl (C=O) groups is 1. The fourth-order valence-electron chi connectivity index (χ4n) is 1.61. The molecule has 0 unspecified atom stereocenters. The SMILES string of the molecule is CC(C)(C)NC(=O)c1ocnc1-c1ccccc1. The quantitative estimate of drug-likeness (QED) is 0.883. The smallest absolute Gasteiger partial charge is 0.289 e. The Labute approximate surface area is 106 Å². The molecule has 0 aliphatic heterocycles. The van der Waals surface area contributed by atoms with E-state index in [1.54, 1.807) is 0 Å². The van der Waals surface area contributed by atoms with E-state index in [2.05, 4.69) is 10.3 Å². The van der Waals surface area contributed by atoms with E-state index in [4.69, 9.17) is 4.42 Å². The van der Waals surface area contributed by atoms with Crippen molar-refractivity contribution in [2.45, 2.75) is 26.3 Å². The summed E-state index contributed by atoms with van der Waals surface area (Å²) in [6.45, 7) is 5.76. The van der Waals surface area contributed by atoms with Gasteiger partial charge in [0.15, 0.2) is 6.39 Å². The van der Waals surface area contributed by atoms with Crippen molar-refractivity contribution in [3.63, 3.8) is 0 Å². The van der Waals surface area contributed by atoms with Crippen LogP contribution in [0.1, 0.15) is 31.3 Å². The van der Waals surface area contributed by atoms with Crippen LogP contribution in [0, 0.1) is 0 Å². The molecule has 0 aliphatic rings. The second-order valence-corrected chi connectivity index (χ2v) is 5.10. The Morgan fingerprint density at radius 3 is 2.50 bits per heavy atom. The van der Waals surface area contributed by atoms with Gasteiger partial charge in [0.05, 0.1) is 0 Å². The van der Waals surface area contributed by atoms with Crippen LogP contribution in [0.3, 0.4) is 0 Å². The van der Waals surface area contributed by atoms with E-state index in [0.717, 1.165) is 5.56 Å². The highest BCUT2D eigenvalue weighted by molar-refractivity contribution is 5.97. The standard InChI is InChI=1S/C14H16N2O2/c1-14(2,3)16-13(17)12-11(15-9-18-12)10-7-5-4-6-8-10/h4-9H,1-3H3,(H,16,17). The number of nitrogens with one attached hydrogen (secondary N) is 1. The lowest BCUT2D eigenvalue weighted by molar-refractivity contribution is 0.0892. The average Bonchev–Trinajstić information content (AvgIpc) is 2.76. The molecule has 94 valence electrons. The zero-order chi connectivity index (χ0) is 13.2. The molecule has 0 saturated carbocycles. The van der Waals surface area contributed by atoms with Crippen molar-refractivity contribution in [2.24, 2.45) is 0 Å². The second kappa shape index (κ2) is 4.64. The predicted molar refractivity (Wildman–Crippen MR) is 69.2 cm³/mol. The van der Waals surface area contributed by atoms with E-state index in [1.165, 1.54) is 6.39 Å². The normalized spacial score (nSPS) is 11.3. The highest BCUT2D eigenvalue weighted by Crippen LogP contribution is 2.22. The van der Waals surface area contributed by atoms with Gasteiger partial charge in [-0.15, -0.1) is 0 Å². The van der Waals surface area contributed by atoms with Crippen molar-refractivity contribution >= 4 is 5.91 Å². The fraction of sp³-hybridized carbons (Fsp3) is 0.286. The maximum absolute atomic E-state index is 12.1. The molecule has 4 nitrogen and oxygen atoms in total. The topological polar surface area (TPSA) is 55.1 Å². The van der Waals surface area contributed by atoms with E-state index in [1.807, 2.05) is 51.1 Å². The molecule has 0 saturated heterocycles. The number of nitrogens with zero attached hydrogens (tertiary/aromatic N) is 1. The van der Waals surface area contributed by atoms with Crippen LogP contribution in [0.2, 0.25) is 0 Å². The van der Waals surface area contributed by atoms with Crippen LogP contribution >= 0.6 is 0 Å². The van der Waals surface area contributed by atoms with Crippen LogP contribution in [0.25, 0.3) is 11.3 Å². The summed E-state index contributed by atoms with van der Waals surface area (Å²) >= 11 is 0. The first-order chi connectivity index (χ1) is 8.47. The summed E-state index contributed by atoms with van der Waals surface area (Å²) in [4.78, 5) is 16.2. The minimum Gasteiger partial charge on any atom is -0.438 e. The molecular formula is C14H16N2O2. The fourth-order valence-corrected chi connectivity index (χ4v) is 1.61. The Bertz CT molecular complexity index is 538. The summed E-state index contributed by atoms with van der Waals surface area (Å²) in [7, 11) is 0. The highest BCUT2D eigenvalue weighted by Gasteiger charge is 2.22. The molecule has 2 aromatic rings. The van der Waals surface area contributed by atoms with Crippen LogP contribution in [-0.2, 0) is 0 Å². The molecule has 0 aliphatic carbocycles. The molecule has 0 radical (unpaired) electrons. The van der Waals surface area contributed by atoms with Gasteiger partial charge in [-0.2, -0.15) is 0 Å². The molecule has 18 heavy (non-hydrogen) atoms. The first kappa shape index (κ1) is 12.4. The van der Waals surface area contributed by atoms with Crippen LogP contribution in [0.15, 0.2) is 41.1 Å². The number of carbonyl (C=O) groups excluding carboxylic acids is 1. The third kappa shape index (κ3) is 2.77. The molecule has 0 fully saturated rings. The first-order valence-electron chi connectivity index (χ1n) is 5.79. The Morgan fingerprint density at radius 1 is 1.22 bits per heavy atom. The summed E-state index contributed by atoms with van der Waals surface area (Å²) in [5.74, 6) is -0.00465. The summed E-state index contributed by atoms with van der Waals surface area (Å²) in [5, 5.41) is 2.86. The van der Waals surface area contributed by atoms with Gasteiger partial charge in [0, 0.05) is 11.1 Å². The van der Waals surface area contributed by atoms with Gasteiger partial charge in [-0.05, 0) is 20.8 Å². The Hall–Kier alpha value is -2.10. The maximum Gasteiger partial charge on any atom is 0.289 e. The number of oxazole rings is 1. The summed E-state index contributed by atoms with van der Waals surface area (Å²) < 4.78 is 5.20. The highest BCUT2D eigenvalue weighted by atomic mass is 16.3. The minimum atomic E-state index is -0.308. The van der Waals surface area contributed by atoms with Gasteiger partial charge in [-0.3, -0.25) is 4.79 Å². The van der Waals surface area contributed by atoms with E-state index in [9.17, 15) is 4.79 Å². The van der Waals surface area contributed by atoms with E-state index >= 15 is 0 Å². The van der Waals surface area contributed by atoms with Crippen molar-refractivity contribution < 1.29 is 9.21 Å². The zero-order valence-corrected chi connectivity index (χ0v) is 10.7. The largest absolute Gasteiger partial charge is 0.438 e. The predicted octanol–water partition coefficient (Wildman–Crippen LogP) is 2.87. The van der Waals surface area contributed by atoms with E-state index in [-0.39, 0.29) is 17.2 Å². The lowest BCUT2D eigenvalue weighted by Gasteiger charge is -2.19. The molecule has 1 amide bonds. The van der Waals surface area contributed by atoms with Crippen molar-refractivity contribution in [3.05, 3.63) is 42.5 Å². The molecule has 0 spiro atoms. The van der Waals surface area contributed by atoms with E-state index < -0.39 is 0 Å². The van der Waals surface area contributed by atoms with E-state index in [0.29, 0.717) is 5.69 Å². The molecule has 1 N–H and O–H groups in total. The molecule has 1 aromatic carbocycles. The van der Waals surface area contributed by atoms with Gasteiger partial charge in [-0.1, -0.05) is 30.3 Å². The molecule has 0 bridgehead atoms. The van der Waals surface area contributed by atoms with Crippen molar-refractivity contribution in [2.75, 3.05) is 0 Å². The number of rotatable bonds is 2. The molecule has 1 aromatic heterocycles. The number of hydrogen-bond acceptors (Lipinski definition) is 3. The Kier molecular flexibility index (Phi) is 3.19. The third-order valence-corrected chi connectivity index (χ3v) is 2.31. The van der Waals surface area contributed by atoms with Gasteiger partial charge in [-0.25, -0.2) is 4.98 Å². The monoisotopic (exact) mass is 244 g/mol. The summed E-state index contributed by atoms with van der Waals surface area (Å²) in [5.41, 5.74) is 1.13. The first-order valence-corrected chi connectivity index (χ1v) is 5.79.